The van der Waals surface area contributed by atoms with E-state index >= 15 is 0 Å². The molecular formula is C12H10BrFN2O2S. The molecule has 0 saturated heterocycles. The van der Waals surface area contributed by atoms with Crippen LogP contribution in [0.3, 0.4) is 0 Å². The van der Waals surface area contributed by atoms with E-state index in [0.717, 1.165) is 16.2 Å². The summed E-state index contributed by atoms with van der Waals surface area (Å²) in [6.45, 7) is 1.72. The minimum atomic E-state index is -0.946. The van der Waals surface area contributed by atoms with Gasteiger partial charge in [-0.15, -0.1) is 0 Å². The van der Waals surface area contributed by atoms with Crippen molar-refractivity contribution in [1.29, 1.82) is 0 Å². The maximum atomic E-state index is 13.9. The van der Waals surface area contributed by atoms with E-state index in [2.05, 4.69) is 20.9 Å². The maximum absolute atomic E-state index is 13.9. The van der Waals surface area contributed by atoms with Gasteiger partial charge in [-0.1, -0.05) is 15.9 Å². The van der Waals surface area contributed by atoms with Gasteiger partial charge in [0.25, 0.3) is 5.23 Å². The zero-order valence-corrected chi connectivity index (χ0v) is 12.3. The average molecular weight is 345 g/mol. The fraction of sp³-hybridized carbons (Fsp3) is 0.167. The van der Waals surface area contributed by atoms with E-state index < -0.39 is 11.6 Å². The Morgan fingerprint density at radius 2 is 2.32 bits per heavy atom. The number of ether oxygens (including phenoxy) is 1. The molecule has 1 heterocycles. The number of amides is 1. The first kappa shape index (κ1) is 14.1. The van der Waals surface area contributed by atoms with Gasteiger partial charge in [0.15, 0.2) is 0 Å². The van der Waals surface area contributed by atoms with Crippen LogP contribution in [0.25, 0.3) is 0 Å². The fourth-order valence-corrected chi connectivity index (χ4v) is 2.83. The first-order valence-corrected chi connectivity index (χ1v) is 6.95. The maximum Gasteiger partial charge on any atom is 0.411 e. The highest BCUT2D eigenvalue weighted by Crippen LogP contribution is 2.36. The van der Waals surface area contributed by atoms with Gasteiger partial charge >= 0.3 is 6.09 Å². The van der Waals surface area contributed by atoms with Crippen molar-refractivity contribution in [3.05, 3.63) is 45.5 Å². The quantitative estimate of drug-likeness (QED) is 0.847. The molecule has 0 spiro atoms. The number of thioether (sulfide) groups is 1. The van der Waals surface area contributed by atoms with Crippen LogP contribution in [-0.2, 0) is 10.3 Å². The second-order valence-corrected chi connectivity index (χ2v) is 5.76. The number of primary amides is 1. The summed E-state index contributed by atoms with van der Waals surface area (Å²) in [5.41, 5.74) is 4.38. The number of halogens is 2. The molecule has 1 aromatic carbocycles. The molecule has 100 valence electrons. The van der Waals surface area contributed by atoms with Crippen LogP contribution in [0.5, 0.6) is 0 Å². The van der Waals surface area contributed by atoms with Crippen LogP contribution in [0, 0.1) is 5.82 Å². The molecule has 0 radical (unpaired) electrons. The number of nitrogens with zero attached hydrogens (tertiary/aromatic N) is 1. The second-order valence-electron chi connectivity index (χ2n) is 3.99. The lowest BCUT2D eigenvalue weighted by molar-refractivity contribution is 0.209. The number of hydrogen-bond donors (Lipinski definition) is 1. The molecule has 1 amide bonds. The molecule has 1 aliphatic heterocycles. The van der Waals surface area contributed by atoms with Gasteiger partial charge in [-0.3, -0.25) is 0 Å². The molecule has 0 aliphatic carbocycles. The fourth-order valence-electron chi connectivity index (χ4n) is 1.65. The van der Waals surface area contributed by atoms with E-state index in [1.807, 2.05) is 0 Å². The molecule has 0 aromatic heterocycles. The van der Waals surface area contributed by atoms with Crippen molar-refractivity contribution in [2.24, 2.45) is 10.7 Å². The van der Waals surface area contributed by atoms with E-state index in [1.165, 1.54) is 6.07 Å². The number of benzene rings is 1. The molecular weight excluding hydrogens is 335 g/mol. The van der Waals surface area contributed by atoms with Crippen LogP contribution in [-0.4, -0.2) is 11.3 Å². The average Bonchev–Trinajstić information content (AvgIpc) is 2.31. The largest absolute Gasteiger partial charge is 0.411 e. The van der Waals surface area contributed by atoms with Crippen LogP contribution in [0.1, 0.15) is 12.5 Å². The third-order valence-electron chi connectivity index (χ3n) is 2.55. The molecule has 2 rings (SSSR count). The van der Waals surface area contributed by atoms with Gasteiger partial charge in [-0.2, -0.15) is 0 Å². The predicted octanol–water partition coefficient (Wildman–Crippen LogP) is 3.52. The van der Waals surface area contributed by atoms with Gasteiger partial charge in [-0.25, -0.2) is 14.2 Å². The number of carbonyl (C=O) groups excluding carboxylic acids is 1. The molecule has 4 nitrogen and oxygen atoms in total. The van der Waals surface area contributed by atoms with Crippen molar-refractivity contribution in [2.45, 2.75) is 12.5 Å². The SMILES string of the molecule is C[C@@]1(c2cc(Br)ccc2F)C=CSC(OC(N)=O)=N1. The molecule has 7 heteroatoms. The summed E-state index contributed by atoms with van der Waals surface area (Å²) in [6.07, 6.45) is 0.787. The first-order chi connectivity index (χ1) is 8.90. The van der Waals surface area contributed by atoms with Crippen LogP contribution in [0.4, 0.5) is 9.18 Å². The zero-order valence-electron chi connectivity index (χ0n) is 9.89. The van der Waals surface area contributed by atoms with Crippen LogP contribution in [0.2, 0.25) is 0 Å². The molecule has 0 bridgehead atoms. The van der Waals surface area contributed by atoms with Crippen LogP contribution >= 0.6 is 27.7 Å². The highest BCUT2D eigenvalue weighted by molar-refractivity contribution is 9.10. The second kappa shape index (κ2) is 5.34. The van der Waals surface area contributed by atoms with Crippen molar-refractivity contribution in [3.63, 3.8) is 0 Å². The number of nitrogens with two attached hydrogens (primary N) is 1. The Kier molecular flexibility index (Phi) is 3.96. The summed E-state index contributed by atoms with van der Waals surface area (Å²) in [6, 6.07) is 4.60. The normalized spacial score (nSPS) is 21.9. The van der Waals surface area contributed by atoms with Crippen molar-refractivity contribution in [2.75, 3.05) is 0 Å². The first-order valence-electron chi connectivity index (χ1n) is 5.28. The van der Waals surface area contributed by atoms with Crippen molar-refractivity contribution < 1.29 is 13.9 Å². The Hall–Kier alpha value is -1.34. The third-order valence-corrected chi connectivity index (χ3v) is 3.69. The molecule has 1 aliphatic rings. The highest BCUT2D eigenvalue weighted by Gasteiger charge is 2.30. The van der Waals surface area contributed by atoms with Crippen LogP contribution in [0.15, 0.2) is 39.1 Å². The zero-order chi connectivity index (χ0) is 14.0. The topological polar surface area (TPSA) is 64.7 Å². The molecule has 1 atom stereocenters. The summed E-state index contributed by atoms with van der Waals surface area (Å²) in [7, 11) is 0. The van der Waals surface area contributed by atoms with Gasteiger partial charge in [0.1, 0.15) is 11.4 Å². The molecule has 0 saturated carbocycles. The third kappa shape index (κ3) is 3.16. The van der Waals surface area contributed by atoms with E-state index in [9.17, 15) is 9.18 Å². The summed E-state index contributed by atoms with van der Waals surface area (Å²) in [5, 5.41) is 1.78. The lowest BCUT2D eigenvalue weighted by Gasteiger charge is -2.25. The number of rotatable bonds is 1. The van der Waals surface area contributed by atoms with Gasteiger partial charge in [0, 0.05) is 10.0 Å². The minimum Gasteiger partial charge on any atom is -0.385 e. The summed E-state index contributed by atoms with van der Waals surface area (Å²) < 4.78 is 19.4. The standard InChI is InChI=1S/C12H10BrFN2O2S/c1-12(8-6-7(13)2-3-9(8)14)4-5-19-11(16-12)18-10(15)17/h2-6H,1H3,(H2,15,17)/t12-/m0/s1. The Morgan fingerprint density at radius 1 is 1.58 bits per heavy atom. The van der Waals surface area contributed by atoms with E-state index in [0.29, 0.717) is 5.56 Å². The highest BCUT2D eigenvalue weighted by atomic mass is 79.9. The molecule has 1 aromatic rings. The molecule has 2 N–H and O–H groups in total. The lowest BCUT2D eigenvalue weighted by atomic mass is 9.92. The van der Waals surface area contributed by atoms with E-state index in [4.69, 9.17) is 10.5 Å². The Morgan fingerprint density at radius 3 is 3.00 bits per heavy atom. The number of carbonyl (C=O) groups is 1. The minimum absolute atomic E-state index is 0.0943. The van der Waals surface area contributed by atoms with Gasteiger partial charge < -0.3 is 10.5 Å². The lowest BCUT2D eigenvalue weighted by Crippen LogP contribution is -2.25. The molecule has 19 heavy (non-hydrogen) atoms. The number of hydrogen-bond acceptors (Lipinski definition) is 4. The Labute approximate surface area is 122 Å². The number of aliphatic imine (C=N–C) groups is 1. The monoisotopic (exact) mass is 344 g/mol. The van der Waals surface area contributed by atoms with E-state index in [1.54, 1.807) is 30.5 Å². The van der Waals surface area contributed by atoms with Crippen LogP contribution < -0.4 is 5.73 Å². The van der Waals surface area contributed by atoms with Crippen molar-refractivity contribution in [1.82, 2.24) is 0 Å². The predicted molar refractivity (Wildman–Crippen MR) is 76.3 cm³/mol. The van der Waals surface area contributed by atoms with Gasteiger partial charge in [0.2, 0.25) is 0 Å². The summed E-state index contributed by atoms with van der Waals surface area (Å²) >= 11 is 4.40. The van der Waals surface area contributed by atoms with Crippen molar-refractivity contribution >= 4 is 39.0 Å². The summed E-state index contributed by atoms with van der Waals surface area (Å²) in [5.74, 6) is -0.385. The molecule has 0 fully saturated rings. The summed E-state index contributed by atoms with van der Waals surface area (Å²) in [4.78, 5) is 15.0. The molecule has 0 unspecified atom stereocenters. The Bertz CT molecular complexity index is 591. The van der Waals surface area contributed by atoms with Crippen molar-refractivity contribution in [3.8, 4) is 0 Å². The smallest absolute Gasteiger partial charge is 0.385 e. The van der Waals surface area contributed by atoms with Gasteiger partial charge in [-0.05, 0) is 48.4 Å². The van der Waals surface area contributed by atoms with Gasteiger partial charge in [0.05, 0.1) is 0 Å². The Balaban J connectivity index is 2.43. The van der Waals surface area contributed by atoms with E-state index in [-0.39, 0.29) is 11.0 Å².